The van der Waals surface area contributed by atoms with Gasteiger partial charge >= 0.3 is 0 Å². The van der Waals surface area contributed by atoms with Gasteiger partial charge in [0.15, 0.2) is 0 Å². The molecule has 0 spiro atoms. The van der Waals surface area contributed by atoms with Crippen molar-refractivity contribution in [2.75, 3.05) is 0 Å². The van der Waals surface area contributed by atoms with Crippen molar-refractivity contribution in [1.29, 1.82) is 0 Å². The molecule has 0 bridgehead atoms. The van der Waals surface area contributed by atoms with Gasteiger partial charge in [-0.2, -0.15) is 0 Å². The maximum absolute atomic E-state index is 4.72. The molecule has 0 unspecified atom stereocenters. The van der Waals surface area contributed by atoms with E-state index in [4.69, 9.17) is 4.98 Å². The van der Waals surface area contributed by atoms with Crippen LogP contribution in [-0.2, 0) is 25.7 Å². The Bertz CT molecular complexity index is 875. The van der Waals surface area contributed by atoms with E-state index in [1.165, 1.54) is 85.6 Å². The Labute approximate surface area is 196 Å². The summed E-state index contributed by atoms with van der Waals surface area (Å²) in [5.41, 5.74) is 7.94. The third kappa shape index (κ3) is 8.26. The Hall–Kier alpha value is -2.41. The third-order valence-corrected chi connectivity index (χ3v) is 6.44. The molecule has 170 valence electrons. The third-order valence-electron chi connectivity index (χ3n) is 6.44. The van der Waals surface area contributed by atoms with Crippen molar-refractivity contribution in [2.24, 2.45) is 0 Å². The highest BCUT2D eigenvalue weighted by molar-refractivity contribution is 5.59. The van der Waals surface area contributed by atoms with Crippen molar-refractivity contribution >= 4 is 0 Å². The Balaban J connectivity index is 1.45. The second-order valence-corrected chi connectivity index (χ2v) is 9.19. The van der Waals surface area contributed by atoms with Gasteiger partial charge in [-0.25, -0.2) is 0 Å². The van der Waals surface area contributed by atoms with Gasteiger partial charge in [-0.05, 0) is 66.8 Å². The maximum Gasteiger partial charge on any atom is 0.0702 e. The van der Waals surface area contributed by atoms with Crippen LogP contribution >= 0.6 is 0 Å². The average molecular weight is 428 g/mol. The van der Waals surface area contributed by atoms with Gasteiger partial charge in [0.25, 0.3) is 0 Å². The molecule has 3 rings (SSSR count). The summed E-state index contributed by atoms with van der Waals surface area (Å²) in [7, 11) is 0. The lowest BCUT2D eigenvalue weighted by Gasteiger charge is -2.07. The van der Waals surface area contributed by atoms with Crippen LogP contribution in [0.2, 0.25) is 0 Å². The van der Waals surface area contributed by atoms with Crippen LogP contribution in [0.3, 0.4) is 0 Å². The molecule has 0 aliphatic carbocycles. The van der Waals surface area contributed by atoms with Gasteiger partial charge in [0.1, 0.15) is 0 Å². The SMILES string of the molecule is CCCCCCCc1ccc(-c2ccc(CCc3ccc(CCCCC)cc3)cc2)nc1. The average Bonchev–Trinajstić information content (AvgIpc) is 2.84. The highest BCUT2D eigenvalue weighted by Gasteiger charge is 2.02. The van der Waals surface area contributed by atoms with Crippen molar-refractivity contribution in [3.8, 4) is 11.3 Å². The summed E-state index contributed by atoms with van der Waals surface area (Å²) in [6.45, 7) is 4.53. The van der Waals surface area contributed by atoms with E-state index in [1.54, 1.807) is 0 Å². The molecule has 0 aliphatic heterocycles. The highest BCUT2D eigenvalue weighted by Crippen LogP contribution is 2.20. The molecule has 1 heteroatoms. The van der Waals surface area contributed by atoms with E-state index >= 15 is 0 Å². The van der Waals surface area contributed by atoms with Crippen LogP contribution in [0.1, 0.15) is 87.5 Å². The first kappa shape index (κ1) is 24.2. The molecule has 2 aromatic carbocycles. The van der Waals surface area contributed by atoms with E-state index < -0.39 is 0 Å². The predicted molar refractivity (Wildman–Crippen MR) is 139 cm³/mol. The van der Waals surface area contributed by atoms with Gasteiger partial charge in [-0.1, -0.05) is 107 Å². The molecule has 0 aliphatic rings. The van der Waals surface area contributed by atoms with E-state index in [0.29, 0.717) is 0 Å². The highest BCUT2D eigenvalue weighted by atomic mass is 14.7. The fourth-order valence-corrected chi connectivity index (χ4v) is 4.26. The predicted octanol–water partition coefficient (Wildman–Crippen LogP) is 8.78. The Morgan fingerprint density at radius 1 is 0.469 bits per heavy atom. The molecule has 0 saturated heterocycles. The van der Waals surface area contributed by atoms with Crippen LogP contribution in [0.4, 0.5) is 0 Å². The van der Waals surface area contributed by atoms with Crippen LogP contribution in [0, 0.1) is 0 Å². The first-order valence-corrected chi connectivity index (χ1v) is 12.9. The zero-order valence-corrected chi connectivity index (χ0v) is 20.3. The summed E-state index contributed by atoms with van der Waals surface area (Å²) in [4.78, 5) is 4.72. The minimum Gasteiger partial charge on any atom is -0.256 e. The van der Waals surface area contributed by atoms with E-state index in [2.05, 4.69) is 80.7 Å². The first-order valence-electron chi connectivity index (χ1n) is 12.9. The molecule has 1 heterocycles. The minimum absolute atomic E-state index is 1.07. The molecular formula is C31H41N. The molecule has 0 radical (unpaired) electrons. The minimum atomic E-state index is 1.07. The second-order valence-electron chi connectivity index (χ2n) is 9.19. The lowest BCUT2D eigenvalue weighted by molar-refractivity contribution is 0.632. The van der Waals surface area contributed by atoms with Crippen molar-refractivity contribution in [2.45, 2.75) is 90.9 Å². The molecule has 0 amide bonds. The topological polar surface area (TPSA) is 12.9 Å². The summed E-state index contributed by atoms with van der Waals surface area (Å²) in [5, 5.41) is 0. The van der Waals surface area contributed by atoms with Crippen molar-refractivity contribution in [3.63, 3.8) is 0 Å². The summed E-state index contributed by atoms with van der Waals surface area (Å²) >= 11 is 0. The molecule has 0 atom stereocenters. The molecule has 0 fully saturated rings. The number of aryl methyl sites for hydroxylation is 4. The van der Waals surface area contributed by atoms with E-state index in [9.17, 15) is 0 Å². The van der Waals surface area contributed by atoms with Crippen LogP contribution < -0.4 is 0 Å². The fourth-order valence-electron chi connectivity index (χ4n) is 4.26. The standard InChI is InChI=1S/C31H41N/c1-3-5-7-8-10-12-29-21-24-31(32-25-29)30-22-19-28(20-23-30)18-17-27-15-13-26(14-16-27)11-9-6-4-2/h13-16,19-25H,3-12,17-18H2,1-2H3. The number of nitrogens with zero attached hydrogens (tertiary/aromatic N) is 1. The number of aromatic nitrogens is 1. The number of pyridine rings is 1. The molecule has 1 aromatic heterocycles. The second kappa shape index (κ2) is 13.9. The van der Waals surface area contributed by atoms with E-state index in [0.717, 1.165) is 25.0 Å². The Morgan fingerprint density at radius 2 is 0.938 bits per heavy atom. The van der Waals surface area contributed by atoms with Gasteiger partial charge in [0.2, 0.25) is 0 Å². The van der Waals surface area contributed by atoms with Gasteiger partial charge in [-0.15, -0.1) is 0 Å². The Morgan fingerprint density at radius 3 is 1.53 bits per heavy atom. The summed E-state index contributed by atoms with van der Waals surface area (Å²) in [5.74, 6) is 0. The number of rotatable bonds is 14. The molecule has 0 N–H and O–H groups in total. The van der Waals surface area contributed by atoms with Crippen molar-refractivity contribution in [1.82, 2.24) is 4.98 Å². The van der Waals surface area contributed by atoms with Crippen LogP contribution in [0.25, 0.3) is 11.3 Å². The zero-order chi connectivity index (χ0) is 22.4. The maximum atomic E-state index is 4.72. The van der Waals surface area contributed by atoms with Crippen LogP contribution in [-0.4, -0.2) is 4.98 Å². The van der Waals surface area contributed by atoms with Gasteiger partial charge in [-0.3, -0.25) is 4.98 Å². The number of hydrogen-bond donors (Lipinski definition) is 0. The van der Waals surface area contributed by atoms with Gasteiger partial charge in [0, 0.05) is 11.8 Å². The summed E-state index contributed by atoms with van der Waals surface area (Å²) < 4.78 is 0. The first-order chi connectivity index (χ1) is 15.8. The molecule has 3 aromatic rings. The monoisotopic (exact) mass is 427 g/mol. The number of hydrogen-bond acceptors (Lipinski definition) is 1. The number of benzene rings is 2. The van der Waals surface area contributed by atoms with Gasteiger partial charge < -0.3 is 0 Å². The fraction of sp³-hybridized carbons (Fsp3) is 0.452. The van der Waals surface area contributed by atoms with Crippen LogP contribution in [0.5, 0.6) is 0 Å². The molecule has 1 nitrogen and oxygen atoms in total. The van der Waals surface area contributed by atoms with E-state index in [-0.39, 0.29) is 0 Å². The lowest BCUT2D eigenvalue weighted by Crippen LogP contribution is -1.93. The summed E-state index contributed by atoms with van der Waals surface area (Å²) in [6.07, 6.45) is 17.2. The summed E-state index contributed by atoms with van der Waals surface area (Å²) in [6, 6.07) is 22.6. The lowest BCUT2D eigenvalue weighted by atomic mass is 10.00. The molecular weight excluding hydrogens is 386 g/mol. The quantitative estimate of drug-likeness (QED) is 0.234. The molecule has 32 heavy (non-hydrogen) atoms. The van der Waals surface area contributed by atoms with Crippen LogP contribution in [0.15, 0.2) is 66.9 Å². The van der Waals surface area contributed by atoms with Crippen molar-refractivity contribution in [3.05, 3.63) is 89.1 Å². The zero-order valence-electron chi connectivity index (χ0n) is 20.3. The van der Waals surface area contributed by atoms with E-state index in [1.807, 2.05) is 0 Å². The normalized spacial score (nSPS) is 11.1. The Kier molecular flexibility index (Phi) is 10.5. The van der Waals surface area contributed by atoms with Crippen molar-refractivity contribution < 1.29 is 0 Å². The number of unbranched alkanes of at least 4 members (excludes halogenated alkanes) is 6. The largest absolute Gasteiger partial charge is 0.256 e. The molecule has 0 saturated carbocycles. The van der Waals surface area contributed by atoms with Gasteiger partial charge in [0.05, 0.1) is 5.69 Å². The smallest absolute Gasteiger partial charge is 0.0702 e.